The molecule has 0 saturated carbocycles. The van der Waals surface area contributed by atoms with E-state index in [4.69, 9.17) is 28.6 Å². The third-order valence-electron chi connectivity index (χ3n) is 5.82. The Morgan fingerprint density at radius 2 is 2.09 bits per heavy atom. The van der Waals surface area contributed by atoms with E-state index in [-0.39, 0.29) is 23.9 Å². The van der Waals surface area contributed by atoms with Crippen LogP contribution < -0.4 is 15.5 Å². The molecule has 178 valence electrons. The molecule has 1 aliphatic heterocycles. The van der Waals surface area contributed by atoms with E-state index in [9.17, 15) is 4.79 Å². The molecular formula is C25H28ClN5O2S. The van der Waals surface area contributed by atoms with Gasteiger partial charge in [0.05, 0.1) is 29.1 Å². The molecule has 2 atom stereocenters. The summed E-state index contributed by atoms with van der Waals surface area (Å²) in [7, 11) is 1.69. The summed E-state index contributed by atoms with van der Waals surface area (Å²) in [4.78, 5) is 18.8. The van der Waals surface area contributed by atoms with Gasteiger partial charge in [-0.3, -0.25) is 9.78 Å². The number of thiocarbonyl (C=S) groups is 1. The van der Waals surface area contributed by atoms with E-state index >= 15 is 0 Å². The van der Waals surface area contributed by atoms with E-state index in [1.807, 2.05) is 62.5 Å². The first-order chi connectivity index (χ1) is 16.4. The molecule has 9 heteroatoms. The second kappa shape index (κ2) is 10.5. The lowest BCUT2D eigenvalue weighted by molar-refractivity contribution is -0.118. The van der Waals surface area contributed by atoms with Gasteiger partial charge in [-0.05, 0) is 54.7 Å². The molecule has 0 unspecified atom stereocenters. The number of carbonyl (C=O) groups is 1. The van der Waals surface area contributed by atoms with Crippen molar-refractivity contribution in [3.63, 3.8) is 0 Å². The Labute approximate surface area is 210 Å². The van der Waals surface area contributed by atoms with Crippen LogP contribution in [0.3, 0.4) is 0 Å². The number of ether oxygens (including phenoxy) is 1. The van der Waals surface area contributed by atoms with Crippen molar-refractivity contribution in [3.05, 3.63) is 77.3 Å². The Morgan fingerprint density at radius 1 is 1.26 bits per heavy atom. The van der Waals surface area contributed by atoms with Gasteiger partial charge < -0.3 is 24.8 Å². The second-order valence-electron chi connectivity index (χ2n) is 8.42. The molecule has 1 aliphatic rings. The zero-order valence-electron chi connectivity index (χ0n) is 19.4. The number of nitrogens with zero attached hydrogens (tertiary/aromatic N) is 3. The van der Waals surface area contributed by atoms with E-state index in [0.717, 1.165) is 17.1 Å². The van der Waals surface area contributed by atoms with Gasteiger partial charge in [-0.25, -0.2) is 0 Å². The van der Waals surface area contributed by atoms with Crippen molar-refractivity contribution in [2.24, 2.45) is 5.92 Å². The van der Waals surface area contributed by atoms with Gasteiger partial charge in [-0.15, -0.1) is 0 Å². The lowest BCUT2D eigenvalue weighted by Crippen LogP contribution is -2.30. The maximum Gasteiger partial charge on any atom is 0.226 e. The van der Waals surface area contributed by atoms with Crippen LogP contribution in [0.25, 0.3) is 0 Å². The van der Waals surface area contributed by atoms with Gasteiger partial charge in [0, 0.05) is 43.3 Å². The number of benzene rings is 1. The molecule has 4 rings (SSSR count). The van der Waals surface area contributed by atoms with Gasteiger partial charge in [-0.1, -0.05) is 31.5 Å². The number of methoxy groups -OCH3 is 1. The monoisotopic (exact) mass is 497 g/mol. The van der Waals surface area contributed by atoms with Gasteiger partial charge in [0.15, 0.2) is 5.11 Å². The lowest BCUT2D eigenvalue weighted by Gasteiger charge is -2.29. The molecule has 2 aromatic heterocycles. The summed E-state index contributed by atoms with van der Waals surface area (Å²) in [5.74, 6) is -0.230. The zero-order valence-corrected chi connectivity index (χ0v) is 20.9. The molecule has 7 nitrogen and oxygen atoms in total. The number of pyridine rings is 1. The fourth-order valence-electron chi connectivity index (χ4n) is 4.05. The number of carbonyl (C=O) groups excluding carboxylic acids is 1. The molecule has 1 aromatic carbocycles. The average molecular weight is 498 g/mol. The van der Waals surface area contributed by atoms with Crippen molar-refractivity contribution >= 4 is 46.2 Å². The zero-order chi connectivity index (χ0) is 24.2. The van der Waals surface area contributed by atoms with E-state index < -0.39 is 0 Å². The molecule has 0 bridgehead atoms. The number of halogens is 1. The smallest absolute Gasteiger partial charge is 0.226 e. The molecule has 3 heterocycles. The van der Waals surface area contributed by atoms with Gasteiger partial charge in [0.1, 0.15) is 6.04 Å². The highest BCUT2D eigenvalue weighted by Crippen LogP contribution is 2.42. The Bertz CT molecular complexity index is 1170. The first-order valence-corrected chi connectivity index (χ1v) is 11.9. The third kappa shape index (κ3) is 4.94. The molecule has 0 radical (unpaired) electrons. The van der Waals surface area contributed by atoms with Crippen LogP contribution in [0.15, 0.2) is 60.9 Å². The minimum atomic E-state index is -0.165. The van der Waals surface area contributed by atoms with Crippen molar-refractivity contribution < 1.29 is 9.53 Å². The number of hydrogen-bond donors (Lipinski definition) is 2. The van der Waals surface area contributed by atoms with Gasteiger partial charge in [0.2, 0.25) is 5.91 Å². The lowest BCUT2D eigenvalue weighted by atomic mass is 10.0. The van der Waals surface area contributed by atoms with Crippen LogP contribution in [-0.2, 0) is 16.1 Å². The van der Waals surface area contributed by atoms with E-state index in [0.29, 0.717) is 29.0 Å². The van der Waals surface area contributed by atoms with Crippen molar-refractivity contribution in [2.45, 2.75) is 32.5 Å². The van der Waals surface area contributed by atoms with Gasteiger partial charge >= 0.3 is 0 Å². The highest BCUT2D eigenvalue weighted by Gasteiger charge is 2.42. The molecule has 0 aliphatic carbocycles. The van der Waals surface area contributed by atoms with Crippen LogP contribution >= 0.6 is 23.8 Å². The number of aromatic nitrogens is 2. The maximum absolute atomic E-state index is 12.2. The first kappa shape index (κ1) is 24.2. The van der Waals surface area contributed by atoms with Crippen LogP contribution in [0.4, 0.5) is 11.4 Å². The first-order valence-electron chi connectivity index (χ1n) is 11.2. The van der Waals surface area contributed by atoms with Gasteiger partial charge in [0.25, 0.3) is 0 Å². The maximum atomic E-state index is 12.2. The molecule has 2 N–H and O–H groups in total. The number of nitrogens with one attached hydrogen (secondary N) is 2. The highest BCUT2D eigenvalue weighted by atomic mass is 35.5. The number of rotatable bonds is 8. The molecule has 1 fully saturated rings. The summed E-state index contributed by atoms with van der Waals surface area (Å²) in [5.41, 5.74) is 3.37. The second-order valence-corrected chi connectivity index (χ2v) is 9.22. The number of hydrogen-bond acceptors (Lipinski definition) is 4. The topological polar surface area (TPSA) is 71.4 Å². The Hall–Kier alpha value is -2.94. The molecule has 1 saturated heterocycles. The Morgan fingerprint density at radius 3 is 2.76 bits per heavy atom. The summed E-state index contributed by atoms with van der Waals surface area (Å²) >= 11 is 12.4. The summed E-state index contributed by atoms with van der Waals surface area (Å²) < 4.78 is 7.49. The molecule has 1 amide bonds. The van der Waals surface area contributed by atoms with Gasteiger partial charge in [-0.2, -0.15) is 0 Å². The minimum Gasteiger partial charge on any atom is -0.383 e. The van der Waals surface area contributed by atoms with Crippen LogP contribution in [0, 0.1) is 5.92 Å². The summed E-state index contributed by atoms with van der Waals surface area (Å²) in [6.45, 7) is 4.99. The number of anilines is 2. The van der Waals surface area contributed by atoms with Crippen molar-refractivity contribution in [2.75, 3.05) is 23.9 Å². The normalized spacial score (nSPS) is 17.8. The van der Waals surface area contributed by atoms with Crippen LogP contribution in [-0.4, -0.2) is 34.3 Å². The van der Waals surface area contributed by atoms with E-state index in [1.165, 1.54) is 0 Å². The van der Waals surface area contributed by atoms with Crippen LogP contribution in [0.1, 0.15) is 37.3 Å². The van der Waals surface area contributed by atoms with E-state index in [1.54, 1.807) is 13.3 Å². The van der Waals surface area contributed by atoms with Crippen LogP contribution in [0.5, 0.6) is 0 Å². The summed E-state index contributed by atoms with van der Waals surface area (Å²) in [5, 5.41) is 7.36. The molecule has 34 heavy (non-hydrogen) atoms. The summed E-state index contributed by atoms with van der Waals surface area (Å²) in [6.07, 6.45) is 3.83. The summed E-state index contributed by atoms with van der Waals surface area (Å²) in [6, 6.07) is 15.2. The Balaban J connectivity index is 1.74. The molecule has 3 aromatic rings. The highest BCUT2D eigenvalue weighted by molar-refractivity contribution is 7.80. The van der Waals surface area contributed by atoms with Crippen LogP contribution in [0.2, 0.25) is 5.02 Å². The quantitative estimate of drug-likeness (QED) is 0.429. The van der Waals surface area contributed by atoms with E-state index in [2.05, 4.69) is 31.2 Å². The predicted octanol–water partition coefficient (Wildman–Crippen LogP) is 4.95. The fraction of sp³-hybridized carbons (Fsp3) is 0.320. The Kier molecular flexibility index (Phi) is 7.50. The standard InChI is InChI=1S/C25H28ClN5O2S/c1-16(2)24(32)28-19-10-9-17(15-18(19)26)31-23(21-8-6-12-30(21)13-14-33-3)22(29-25(31)34)20-7-4-5-11-27-20/h4-12,15-16,22-23H,13-14H2,1-3H3,(H,28,32)(H,29,34)/t22-,23+/m1/s1. The van der Waals surface area contributed by atoms with Crippen molar-refractivity contribution in [1.82, 2.24) is 14.9 Å². The fourth-order valence-corrected chi connectivity index (χ4v) is 4.62. The molecular weight excluding hydrogens is 470 g/mol. The van der Waals surface area contributed by atoms with Crippen molar-refractivity contribution in [3.8, 4) is 0 Å². The molecule has 0 spiro atoms. The predicted molar refractivity (Wildman–Crippen MR) is 139 cm³/mol. The van der Waals surface area contributed by atoms with Crippen molar-refractivity contribution in [1.29, 1.82) is 0 Å². The minimum absolute atomic E-state index is 0.0860. The third-order valence-corrected chi connectivity index (χ3v) is 6.44. The average Bonchev–Trinajstić information content (AvgIpc) is 3.43. The largest absolute Gasteiger partial charge is 0.383 e. The number of amides is 1. The SMILES string of the molecule is COCCn1cccc1[C@H]1[C@@H](c2ccccn2)NC(=S)N1c1ccc(NC(=O)C(C)C)c(Cl)c1.